The molecule has 4 aromatic rings. The molecule has 2 heterocycles. The van der Waals surface area contributed by atoms with Gasteiger partial charge in [0.2, 0.25) is 5.91 Å². The first kappa shape index (κ1) is 21.8. The zero-order chi connectivity index (χ0) is 22.7. The Morgan fingerprint density at radius 3 is 2.53 bits per heavy atom. The van der Waals surface area contributed by atoms with Crippen molar-refractivity contribution in [2.75, 3.05) is 6.54 Å². The van der Waals surface area contributed by atoms with Crippen molar-refractivity contribution in [2.45, 2.75) is 40.5 Å². The molecule has 0 aliphatic carbocycles. The molecule has 1 N–H and O–H groups in total. The Morgan fingerprint density at radius 1 is 1.00 bits per heavy atom. The number of hydrogen-bond acceptors (Lipinski definition) is 2. The molecule has 2 aromatic heterocycles. The monoisotopic (exact) mass is 425 g/mol. The molecule has 0 aliphatic heterocycles. The zero-order valence-corrected chi connectivity index (χ0v) is 19.4. The number of rotatable bonds is 7. The number of fused-ring (bicyclic) bond motifs is 1. The van der Waals surface area contributed by atoms with Crippen molar-refractivity contribution in [1.29, 1.82) is 0 Å². The lowest BCUT2D eigenvalue weighted by molar-refractivity contribution is -0.121. The highest BCUT2D eigenvalue weighted by Crippen LogP contribution is 2.29. The number of aromatic nitrogens is 2. The molecule has 0 spiro atoms. The van der Waals surface area contributed by atoms with Gasteiger partial charge >= 0.3 is 0 Å². The van der Waals surface area contributed by atoms with Gasteiger partial charge in [-0.2, -0.15) is 0 Å². The normalized spacial score (nSPS) is 11.3. The van der Waals surface area contributed by atoms with Crippen LogP contribution in [0.4, 0.5) is 0 Å². The average molecular weight is 426 g/mol. The predicted molar refractivity (Wildman–Crippen MR) is 132 cm³/mol. The number of nitrogens with zero attached hydrogens (tertiary/aromatic N) is 2. The summed E-state index contributed by atoms with van der Waals surface area (Å²) in [6.45, 7) is 9.17. The molecule has 0 unspecified atom stereocenters. The van der Waals surface area contributed by atoms with Gasteiger partial charge in [0.25, 0.3) is 0 Å². The molecule has 1 amide bonds. The average Bonchev–Trinajstić information content (AvgIpc) is 3.16. The SMILES string of the molecule is Cc1ccc(C)c(-c2ccc3nc(-c4ccccc4)c(CCC(=O)NCC(C)C)n3c2)c1. The summed E-state index contributed by atoms with van der Waals surface area (Å²) in [7, 11) is 0. The van der Waals surface area contributed by atoms with Gasteiger partial charge in [0.1, 0.15) is 5.65 Å². The van der Waals surface area contributed by atoms with Crippen molar-refractivity contribution in [3.05, 3.63) is 83.7 Å². The zero-order valence-electron chi connectivity index (χ0n) is 19.4. The maximum atomic E-state index is 12.5. The molecule has 0 saturated carbocycles. The molecule has 0 fully saturated rings. The first-order chi connectivity index (χ1) is 15.4. The number of carbonyl (C=O) groups excluding carboxylic acids is 1. The molecule has 32 heavy (non-hydrogen) atoms. The summed E-state index contributed by atoms with van der Waals surface area (Å²) < 4.78 is 2.16. The fraction of sp³-hybridized carbons (Fsp3) is 0.286. The molecule has 164 valence electrons. The first-order valence-corrected chi connectivity index (χ1v) is 11.3. The number of imidazole rings is 1. The van der Waals surface area contributed by atoms with E-state index in [1.807, 2.05) is 18.2 Å². The summed E-state index contributed by atoms with van der Waals surface area (Å²) in [4.78, 5) is 17.4. The number of carbonyl (C=O) groups is 1. The van der Waals surface area contributed by atoms with E-state index in [0.29, 0.717) is 25.3 Å². The second-order valence-corrected chi connectivity index (χ2v) is 8.94. The summed E-state index contributed by atoms with van der Waals surface area (Å²) in [5, 5.41) is 3.03. The van der Waals surface area contributed by atoms with E-state index >= 15 is 0 Å². The lowest BCUT2D eigenvalue weighted by Gasteiger charge is -2.11. The number of aryl methyl sites for hydroxylation is 3. The lowest BCUT2D eigenvalue weighted by atomic mass is 10.00. The van der Waals surface area contributed by atoms with Gasteiger partial charge in [-0.05, 0) is 55.0 Å². The quantitative estimate of drug-likeness (QED) is 0.395. The number of nitrogens with one attached hydrogen (secondary N) is 1. The minimum Gasteiger partial charge on any atom is -0.356 e. The van der Waals surface area contributed by atoms with Crippen LogP contribution in [0.15, 0.2) is 66.9 Å². The van der Waals surface area contributed by atoms with E-state index in [0.717, 1.165) is 28.2 Å². The van der Waals surface area contributed by atoms with E-state index in [-0.39, 0.29) is 5.91 Å². The van der Waals surface area contributed by atoms with Crippen LogP contribution < -0.4 is 5.32 Å². The summed E-state index contributed by atoms with van der Waals surface area (Å²) >= 11 is 0. The largest absolute Gasteiger partial charge is 0.356 e. The first-order valence-electron chi connectivity index (χ1n) is 11.3. The van der Waals surface area contributed by atoms with Crippen LogP contribution in [0.1, 0.15) is 37.1 Å². The van der Waals surface area contributed by atoms with Crippen LogP contribution in [0, 0.1) is 19.8 Å². The highest BCUT2D eigenvalue weighted by molar-refractivity contribution is 5.77. The number of benzene rings is 2. The molecule has 0 bridgehead atoms. The fourth-order valence-electron chi connectivity index (χ4n) is 4.00. The number of hydrogen-bond donors (Lipinski definition) is 1. The van der Waals surface area contributed by atoms with E-state index < -0.39 is 0 Å². The highest BCUT2D eigenvalue weighted by atomic mass is 16.1. The van der Waals surface area contributed by atoms with Crippen molar-refractivity contribution < 1.29 is 4.79 Å². The Morgan fingerprint density at radius 2 is 1.78 bits per heavy atom. The third-order valence-corrected chi connectivity index (χ3v) is 5.77. The van der Waals surface area contributed by atoms with Crippen LogP contribution in [-0.2, 0) is 11.2 Å². The van der Waals surface area contributed by atoms with Gasteiger partial charge in [-0.3, -0.25) is 4.79 Å². The molecule has 4 nitrogen and oxygen atoms in total. The summed E-state index contributed by atoms with van der Waals surface area (Å²) in [6, 6.07) is 21.0. The molecule has 0 atom stereocenters. The smallest absolute Gasteiger partial charge is 0.220 e. The summed E-state index contributed by atoms with van der Waals surface area (Å²) in [5.41, 5.74) is 8.84. The Kier molecular flexibility index (Phi) is 6.40. The maximum absolute atomic E-state index is 12.5. The molecule has 2 aromatic carbocycles. The van der Waals surface area contributed by atoms with Crippen LogP contribution >= 0.6 is 0 Å². The summed E-state index contributed by atoms with van der Waals surface area (Å²) in [5.74, 6) is 0.521. The third kappa shape index (κ3) is 4.75. The van der Waals surface area contributed by atoms with Crippen molar-refractivity contribution in [3.8, 4) is 22.4 Å². The van der Waals surface area contributed by atoms with E-state index in [1.54, 1.807) is 0 Å². The molecule has 0 radical (unpaired) electrons. The Hall–Kier alpha value is -3.40. The standard InChI is InChI=1S/C28H31N3O/c1-19(2)17-29-27(32)15-13-25-28(22-8-6-5-7-9-22)30-26-14-12-23(18-31(25)26)24-16-20(3)10-11-21(24)4/h5-12,14,16,18-19H,13,15,17H2,1-4H3,(H,29,32). The fourth-order valence-corrected chi connectivity index (χ4v) is 4.00. The van der Waals surface area contributed by atoms with Gasteiger partial charge in [-0.15, -0.1) is 0 Å². The summed E-state index contributed by atoms with van der Waals surface area (Å²) in [6.07, 6.45) is 3.23. The van der Waals surface area contributed by atoms with Gasteiger partial charge in [-0.25, -0.2) is 4.98 Å². The van der Waals surface area contributed by atoms with Crippen LogP contribution in [0.3, 0.4) is 0 Å². The minimum absolute atomic E-state index is 0.0818. The van der Waals surface area contributed by atoms with Gasteiger partial charge in [-0.1, -0.05) is 67.9 Å². The number of pyridine rings is 1. The van der Waals surface area contributed by atoms with Gasteiger partial charge in [0.15, 0.2) is 0 Å². The van der Waals surface area contributed by atoms with Gasteiger partial charge in [0.05, 0.1) is 11.4 Å². The van der Waals surface area contributed by atoms with Crippen LogP contribution in [0.2, 0.25) is 0 Å². The maximum Gasteiger partial charge on any atom is 0.220 e. The molecule has 0 saturated heterocycles. The predicted octanol–water partition coefficient (Wildman–Crippen LogP) is 5.99. The second-order valence-electron chi connectivity index (χ2n) is 8.94. The lowest BCUT2D eigenvalue weighted by Crippen LogP contribution is -2.27. The van der Waals surface area contributed by atoms with Crippen LogP contribution in [-0.4, -0.2) is 21.8 Å². The Bertz CT molecular complexity index is 1240. The Balaban J connectivity index is 1.76. The van der Waals surface area contributed by atoms with Gasteiger partial charge in [0, 0.05) is 24.7 Å². The van der Waals surface area contributed by atoms with E-state index in [2.05, 4.69) is 86.1 Å². The van der Waals surface area contributed by atoms with Crippen molar-refractivity contribution in [2.24, 2.45) is 5.92 Å². The second kappa shape index (κ2) is 9.39. The molecular formula is C28H31N3O. The van der Waals surface area contributed by atoms with Crippen molar-refractivity contribution in [3.63, 3.8) is 0 Å². The van der Waals surface area contributed by atoms with Crippen molar-refractivity contribution >= 4 is 11.6 Å². The topological polar surface area (TPSA) is 46.4 Å². The molecule has 4 rings (SSSR count). The number of amides is 1. The minimum atomic E-state index is 0.0818. The van der Waals surface area contributed by atoms with E-state index in [9.17, 15) is 4.79 Å². The van der Waals surface area contributed by atoms with E-state index in [1.165, 1.54) is 16.7 Å². The van der Waals surface area contributed by atoms with Gasteiger partial charge < -0.3 is 9.72 Å². The molecule has 4 heteroatoms. The third-order valence-electron chi connectivity index (χ3n) is 5.77. The van der Waals surface area contributed by atoms with Crippen molar-refractivity contribution in [1.82, 2.24) is 14.7 Å². The van der Waals surface area contributed by atoms with Crippen LogP contribution in [0.5, 0.6) is 0 Å². The Labute approximate surface area is 190 Å². The highest BCUT2D eigenvalue weighted by Gasteiger charge is 2.16. The molecular weight excluding hydrogens is 394 g/mol. The molecule has 0 aliphatic rings. The van der Waals surface area contributed by atoms with Crippen LogP contribution in [0.25, 0.3) is 28.0 Å². The van der Waals surface area contributed by atoms with E-state index in [4.69, 9.17) is 4.98 Å².